The molecule has 10 heteroatoms. The van der Waals surface area contributed by atoms with Crippen LogP contribution in [0.5, 0.6) is 0 Å². The average Bonchev–Trinajstić information content (AvgIpc) is 3.57. The molecule has 180 valence electrons. The highest BCUT2D eigenvalue weighted by atomic mass is 35.5. The Balaban J connectivity index is 0.00000274. The zero-order valence-electron chi connectivity index (χ0n) is 19.0. The standard InChI is InChI=1S/C24H27N5O3S.ClH/c1-28-23(19-5-6-19)26-22(27-28)18-7-9-21(10-8-18)25-24(30)20-4-2-3-17(15-20)16-29-11-13-33(31,32)14-12-29;/h2-4,7-10,15,19H,5-6,11-14,16H2,1H3,(H,25,30);1H. The average molecular weight is 502 g/mol. The number of hydrogen-bond donors (Lipinski definition) is 1. The van der Waals surface area contributed by atoms with Crippen molar-refractivity contribution < 1.29 is 13.2 Å². The minimum atomic E-state index is -2.90. The summed E-state index contributed by atoms with van der Waals surface area (Å²) in [5.74, 6) is 2.48. The molecule has 0 unspecified atom stereocenters. The number of sulfone groups is 1. The molecule has 34 heavy (non-hydrogen) atoms. The molecule has 0 atom stereocenters. The van der Waals surface area contributed by atoms with Crippen molar-refractivity contribution in [1.29, 1.82) is 0 Å². The zero-order chi connectivity index (χ0) is 23.0. The first-order valence-electron chi connectivity index (χ1n) is 11.2. The van der Waals surface area contributed by atoms with Crippen molar-refractivity contribution in [1.82, 2.24) is 19.7 Å². The van der Waals surface area contributed by atoms with Gasteiger partial charge >= 0.3 is 0 Å². The predicted octanol–water partition coefficient (Wildman–Crippen LogP) is 3.26. The van der Waals surface area contributed by atoms with Gasteiger partial charge < -0.3 is 5.32 Å². The van der Waals surface area contributed by atoms with Crippen molar-refractivity contribution >= 4 is 33.8 Å². The Labute approximate surface area is 205 Å². The van der Waals surface area contributed by atoms with Gasteiger partial charge in [-0.15, -0.1) is 12.4 Å². The number of benzene rings is 2. The number of aromatic nitrogens is 3. The summed E-state index contributed by atoms with van der Waals surface area (Å²) < 4.78 is 25.1. The van der Waals surface area contributed by atoms with Crippen molar-refractivity contribution in [3.8, 4) is 11.4 Å². The molecule has 2 aromatic carbocycles. The minimum absolute atomic E-state index is 0. The van der Waals surface area contributed by atoms with E-state index in [1.807, 2.05) is 54.2 Å². The Morgan fingerprint density at radius 3 is 2.47 bits per heavy atom. The first-order valence-corrected chi connectivity index (χ1v) is 13.0. The monoisotopic (exact) mass is 501 g/mol. The largest absolute Gasteiger partial charge is 0.322 e. The van der Waals surface area contributed by atoms with E-state index in [9.17, 15) is 13.2 Å². The van der Waals surface area contributed by atoms with E-state index in [2.05, 4.69) is 20.3 Å². The van der Waals surface area contributed by atoms with Crippen molar-refractivity contribution in [3.63, 3.8) is 0 Å². The van der Waals surface area contributed by atoms with Gasteiger partial charge in [-0.3, -0.25) is 14.4 Å². The fourth-order valence-corrected chi connectivity index (χ4v) is 5.38. The summed E-state index contributed by atoms with van der Waals surface area (Å²) in [5, 5.41) is 7.47. The number of carbonyl (C=O) groups is 1. The van der Waals surface area contributed by atoms with E-state index in [-0.39, 0.29) is 29.8 Å². The Morgan fingerprint density at radius 1 is 1.09 bits per heavy atom. The van der Waals surface area contributed by atoms with Gasteiger partial charge in [-0.05, 0) is 54.8 Å². The maximum atomic E-state index is 12.8. The third-order valence-corrected chi connectivity index (χ3v) is 7.78. The van der Waals surface area contributed by atoms with E-state index in [1.54, 1.807) is 6.07 Å². The zero-order valence-corrected chi connectivity index (χ0v) is 20.6. The van der Waals surface area contributed by atoms with Crippen LogP contribution in [-0.2, 0) is 23.4 Å². The van der Waals surface area contributed by atoms with Crippen LogP contribution in [-0.4, -0.2) is 58.6 Å². The Bertz CT molecular complexity index is 1270. The first kappa shape index (κ1) is 24.4. The lowest BCUT2D eigenvalue weighted by atomic mass is 10.1. The van der Waals surface area contributed by atoms with Gasteiger partial charge in [-0.1, -0.05) is 12.1 Å². The van der Waals surface area contributed by atoms with Gasteiger partial charge in [-0.2, -0.15) is 5.10 Å². The molecule has 8 nitrogen and oxygen atoms in total. The number of hydrogen-bond acceptors (Lipinski definition) is 6. The minimum Gasteiger partial charge on any atom is -0.322 e. The van der Waals surface area contributed by atoms with Crippen molar-refractivity contribution in [3.05, 3.63) is 65.5 Å². The highest BCUT2D eigenvalue weighted by Crippen LogP contribution is 2.39. The van der Waals surface area contributed by atoms with Crippen LogP contribution >= 0.6 is 12.4 Å². The Morgan fingerprint density at radius 2 is 1.79 bits per heavy atom. The predicted molar refractivity (Wildman–Crippen MR) is 134 cm³/mol. The summed E-state index contributed by atoms with van der Waals surface area (Å²) in [6.07, 6.45) is 2.36. The summed E-state index contributed by atoms with van der Waals surface area (Å²) in [6.45, 7) is 1.68. The Kier molecular flexibility index (Phi) is 7.06. The SMILES string of the molecule is Cl.Cn1nc(-c2ccc(NC(=O)c3cccc(CN4CCS(=O)(=O)CC4)c3)cc2)nc1C1CC1. The van der Waals surface area contributed by atoms with Crippen LogP contribution in [0.4, 0.5) is 5.69 Å². The molecule has 2 aliphatic rings. The van der Waals surface area contributed by atoms with Crippen LogP contribution in [0.1, 0.15) is 40.5 Å². The molecule has 3 aromatic rings. The van der Waals surface area contributed by atoms with Crippen LogP contribution in [0.2, 0.25) is 0 Å². The van der Waals surface area contributed by atoms with Gasteiger partial charge in [0.2, 0.25) is 0 Å². The molecule has 1 aliphatic heterocycles. The molecule has 0 bridgehead atoms. The highest BCUT2D eigenvalue weighted by molar-refractivity contribution is 7.91. The van der Waals surface area contributed by atoms with Crippen molar-refractivity contribution in [2.45, 2.75) is 25.3 Å². The maximum absolute atomic E-state index is 12.8. The quantitative estimate of drug-likeness (QED) is 0.556. The van der Waals surface area contributed by atoms with Gasteiger partial charge in [0.1, 0.15) is 5.82 Å². The number of nitrogens with one attached hydrogen (secondary N) is 1. The summed E-state index contributed by atoms with van der Waals surface area (Å²) in [5.41, 5.74) is 3.18. The number of carbonyl (C=O) groups excluding carboxylic acids is 1. The molecule has 5 rings (SSSR count). The number of rotatable bonds is 6. The smallest absolute Gasteiger partial charge is 0.255 e. The summed E-state index contributed by atoms with van der Waals surface area (Å²) in [7, 11) is -0.971. The molecule has 0 radical (unpaired) electrons. The molecular weight excluding hydrogens is 474 g/mol. The molecule has 2 heterocycles. The molecular formula is C24H28ClN5O3S. The van der Waals surface area contributed by atoms with Gasteiger partial charge in [0.15, 0.2) is 15.7 Å². The molecule has 1 aliphatic carbocycles. The molecule has 1 amide bonds. The molecule has 1 N–H and O–H groups in total. The fourth-order valence-electron chi connectivity index (χ4n) is 4.10. The van der Waals surface area contributed by atoms with Crippen molar-refractivity contribution in [2.75, 3.05) is 29.9 Å². The molecule has 2 fully saturated rings. The van der Waals surface area contributed by atoms with Crippen LogP contribution in [0.3, 0.4) is 0 Å². The van der Waals surface area contributed by atoms with Crippen LogP contribution in [0, 0.1) is 0 Å². The van der Waals surface area contributed by atoms with E-state index in [0.717, 1.165) is 17.0 Å². The fraction of sp³-hybridized carbons (Fsp3) is 0.375. The summed E-state index contributed by atoms with van der Waals surface area (Å²) in [6, 6.07) is 15.0. The lowest BCUT2D eigenvalue weighted by Crippen LogP contribution is -2.39. The summed E-state index contributed by atoms with van der Waals surface area (Å²) in [4.78, 5) is 19.6. The van der Waals surface area contributed by atoms with Crippen molar-refractivity contribution in [2.24, 2.45) is 7.05 Å². The lowest BCUT2D eigenvalue weighted by molar-refractivity contribution is 0.102. The van der Waals surface area contributed by atoms with Crippen LogP contribution in [0.25, 0.3) is 11.4 Å². The van der Waals surface area contributed by atoms with Gasteiger partial charge in [0, 0.05) is 49.4 Å². The highest BCUT2D eigenvalue weighted by Gasteiger charge is 2.29. The summed E-state index contributed by atoms with van der Waals surface area (Å²) >= 11 is 0. The second-order valence-corrected chi connectivity index (χ2v) is 11.2. The van der Waals surface area contributed by atoms with E-state index in [1.165, 1.54) is 12.8 Å². The topological polar surface area (TPSA) is 97.2 Å². The maximum Gasteiger partial charge on any atom is 0.255 e. The Hall–Kier alpha value is -2.75. The van der Waals surface area contributed by atoms with E-state index >= 15 is 0 Å². The second kappa shape index (κ2) is 9.85. The molecule has 1 saturated heterocycles. The third kappa shape index (κ3) is 5.65. The molecule has 0 spiro atoms. The van der Waals surface area contributed by atoms with E-state index < -0.39 is 9.84 Å². The lowest BCUT2D eigenvalue weighted by Gasteiger charge is -2.26. The van der Waals surface area contributed by atoms with Gasteiger partial charge in [0.25, 0.3) is 5.91 Å². The van der Waals surface area contributed by atoms with Gasteiger partial charge in [0.05, 0.1) is 11.5 Å². The van der Waals surface area contributed by atoms with E-state index in [0.29, 0.717) is 42.6 Å². The normalized spacial score (nSPS) is 17.7. The van der Waals surface area contributed by atoms with Crippen LogP contribution in [0.15, 0.2) is 48.5 Å². The molecule has 1 saturated carbocycles. The second-order valence-electron chi connectivity index (χ2n) is 8.85. The molecule has 1 aromatic heterocycles. The van der Waals surface area contributed by atoms with Crippen LogP contribution < -0.4 is 5.32 Å². The number of amides is 1. The number of nitrogens with zero attached hydrogens (tertiary/aromatic N) is 4. The van der Waals surface area contributed by atoms with Gasteiger partial charge in [-0.25, -0.2) is 13.4 Å². The number of anilines is 1. The third-order valence-electron chi connectivity index (χ3n) is 6.17. The number of aryl methyl sites for hydroxylation is 1. The first-order chi connectivity index (χ1) is 15.9. The number of halogens is 1. The van der Waals surface area contributed by atoms with E-state index in [4.69, 9.17) is 0 Å².